The van der Waals surface area contributed by atoms with Crippen molar-refractivity contribution >= 4 is 52.2 Å². The van der Waals surface area contributed by atoms with Crippen LogP contribution in [0.15, 0.2) is 76.6 Å². The topological polar surface area (TPSA) is 128 Å². The number of hydrogen-bond donors (Lipinski definition) is 1. The van der Waals surface area contributed by atoms with Gasteiger partial charge in [-0.2, -0.15) is 15.0 Å². The quantitative estimate of drug-likeness (QED) is 0.267. The molecule has 3 aromatic carbocycles. The van der Waals surface area contributed by atoms with Crippen LogP contribution in [0, 0.1) is 11.6 Å². The van der Waals surface area contributed by atoms with Crippen LogP contribution in [-0.4, -0.2) is 59.4 Å². The number of aromatic nitrogens is 3. The zero-order valence-electron chi connectivity index (χ0n) is 24.0. The Morgan fingerprint density at radius 3 is 2.40 bits per heavy atom. The van der Waals surface area contributed by atoms with E-state index in [1.807, 2.05) is 4.90 Å². The number of anilines is 3. The number of aliphatic imine (C=N–C) groups is 1. The fourth-order valence-electron chi connectivity index (χ4n) is 4.57. The average Bonchev–Trinajstić information content (AvgIpc) is 3.35. The third kappa shape index (κ3) is 7.02. The maximum absolute atomic E-state index is 13.7. The van der Waals surface area contributed by atoms with Crippen molar-refractivity contribution in [2.75, 3.05) is 48.9 Å². The van der Waals surface area contributed by atoms with Gasteiger partial charge < -0.3 is 24.8 Å². The van der Waals surface area contributed by atoms with Crippen molar-refractivity contribution < 1.29 is 27.8 Å². The Balaban J connectivity index is 1.23. The van der Waals surface area contributed by atoms with Gasteiger partial charge in [0.25, 0.3) is 5.91 Å². The molecule has 230 valence electrons. The standard InChI is InChI=1S/C31H27F2N7O4S/c1-42-25-16-19(2-11-24(25)44-18-27-36-29(34)38-30(37-27)39-12-14-43-15-13-39)17-26-28(41)40(23-9-5-21(33)6-10-23)31(45-26)35-22-7-3-20(32)4-8-22/h2-11,16-17H,12-15,18H2,1H3,(H2,34,36,37,38). The van der Waals surface area contributed by atoms with Crippen LogP contribution in [-0.2, 0) is 16.1 Å². The van der Waals surface area contributed by atoms with Crippen molar-refractivity contribution in [3.63, 3.8) is 0 Å². The van der Waals surface area contributed by atoms with E-state index in [4.69, 9.17) is 19.9 Å². The third-order valence-electron chi connectivity index (χ3n) is 6.77. The molecule has 2 saturated heterocycles. The first-order valence-corrected chi connectivity index (χ1v) is 14.7. The maximum atomic E-state index is 13.7. The molecule has 45 heavy (non-hydrogen) atoms. The summed E-state index contributed by atoms with van der Waals surface area (Å²) in [6, 6.07) is 16.3. The average molecular weight is 632 g/mol. The van der Waals surface area contributed by atoms with Gasteiger partial charge in [-0.15, -0.1) is 0 Å². The monoisotopic (exact) mass is 631 g/mol. The number of amidine groups is 1. The van der Waals surface area contributed by atoms with Gasteiger partial charge in [-0.25, -0.2) is 13.8 Å². The molecule has 3 heterocycles. The van der Waals surface area contributed by atoms with E-state index in [-0.39, 0.29) is 18.5 Å². The van der Waals surface area contributed by atoms with Crippen LogP contribution < -0.4 is 25.0 Å². The van der Waals surface area contributed by atoms with Gasteiger partial charge >= 0.3 is 0 Å². The summed E-state index contributed by atoms with van der Waals surface area (Å²) in [6.45, 7) is 2.47. The summed E-state index contributed by atoms with van der Waals surface area (Å²) in [7, 11) is 1.51. The van der Waals surface area contributed by atoms with Gasteiger partial charge in [-0.1, -0.05) is 6.07 Å². The number of benzene rings is 3. The molecule has 14 heteroatoms. The molecule has 2 aliphatic heterocycles. The largest absolute Gasteiger partial charge is 0.493 e. The molecule has 6 rings (SSSR count). The molecule has 2 fully saturated rings. The molecule has 2 N–H and O–H groups in total. The Labute approximate surface area is 261 Å². The first-order valence-electron chi connectivity index (χ1n) is 13.8. The summed E-state index contributed by atoms with van der Waals surface area (Å²) in [5, 5.41) is 0.337. The highest BCUT2D eigenvalue weighted by atomic mass is 32.2. The lowest BCUT2D eigenvalue weighted by Crippen LogP contribution is -2.37. The summed E-state index contributed by atoms with van der Waals surface area (Å²) in [5.74, 6) is 0.589. The molecule has 11 nitrogen and oxygen atoms in total. The summed E-state index contributed by atoms with van der Waals surface area (Å²) < 4.78 is 44.1. The number of halogens is 2. The Morgan fingerprint density at radius 2 is 1.69 bits per heavy atom. The van der Waals surface area contributed by atoms with E-state index < -0.39 is 11.6 Å². The number of nitrogens with zero attached hydrogens (tertiary/aromatic N) is 6. The zero-order valence-corrected chi connectivity index (χ0v) is 24.8. The van der Waals surface area contributed by atoms with Crippen LogP contribution in [0.25, 0.3) is 6.08 Å². The number of carbonyl (C=O) groups excluding carboxylic acids is 1. The Kier molecular flexibility index (Phi) is 8.84. The molecule has 1 amide bonds. The molecule has 4 aromatic rings. The van der Waals surface area contributed by atoms with Crippen molar-refractivity contribution in [1.82, 2.24) is 15.0 Å². The van der Waals surface area contributed by atoms with E-state index in [1.54, 1.807) is 24.3 Å². The number of rotatable bonds is 8. The summed E-state index contributed by atoms with van der Waals surface area (Å²) in [5.41, 5.74) is 7.49. The molecular weight excluding hydrogens is 604 g/mol. The van der Waals surface area contributed by atoms with Crippen LogP contribution in [0.1, 0.15) is 11.4 Å². The summed E-state index contributed by atoms with van der Waals surface area (Å²) >= 11 is 1.14. The fraction of sp³-hybridized carbons (Fsp3) is 0.194. The molecule has 1 aromatic heterocycles. The minimum Gasteiger partial charge on any atom is -0.493 e. The van der Waals surface area contributed by atoms with Crippen LogP contribution in [0.4, 0.5) is 32.1 Å². The van der Waals surface area contributed by atoms with Crippen LogP contribution in [0.5, 0.6) is 11.5 Å². The minimum atomic E-state index is -0.434. The number of hydrogen-bond acceptors (Lipinski definition) is 11. The highest BCUT2D eigenvalue weighted by molar-refractivity contribution is 8.19. The van der Waals surface area contributed by atoms with E-state index in [1.165, 1.54) is 60.5 Å². The molecule has 0 aliphatic carbocycles. The van der Waals surface area contributed by atoms with Gasteiger partial charge in [-0.3, -0.25) is 9.69 Å². The minimum absolute atomic E-state index is 0.0189. The molecule has 0 atom stereocenters. The van der Waals surface area contributed by atoms with Gasteiger partial charge in [0.05, 0.1) is 36.6 Å². The summed E-state index contributed by atoms with van der Waals surface area (Å²) in [4.78, 5) is 34.8. The molecule has 0 saturated carbocycles. The number of thioether (sulfide) groups is 1. The Morgan fingerprint density at radius 1 is 0.978 bits per heavy atom. The number of nitrogen functional groups attached to an aromatic ring is 1. The lowest BCUT2D eigenvalue weighted by atomic mass is 10.1. The predicted octanol–water partition coefficient (Wildman–Crippen LogP) is 4.96. The van der Waals surface area contributed by atoms with Crippen molar-refractivity contribution in [2.24, 2.45) is 4.99 Å². The fourth-order valence-corrected chi connectivity index (χ4v) is 5.57. The van der Waals surface area contributed by atoms with Gasteiger partial charge in [0.2, 0.25) is 11.9 Å². The SMILES string of the molecule is COc1cc(C=C2SC(=Nc3ccc(F)cc3)N(c3ccc(F)cc3)C2=O)ccc1OCc1nc(N)nc(N2CCOCC2)n1. The Hall–Kier alpha value is -5.08. The van der Waals surface area contributed by atoms with Crippen molar-refractivity contribution in [2.45, 2.75) is 6.61 Å². The lowest BCUT2D eigenvalue weighted by molar-refractivity contribution is -0.113. The van der Waals surface area contributed by atoms with Gasteiger partial charge in [-0.05, 0) is 84.1 Å². The first-order chi connectivity index (χ1) is 21.9. The highest BCUT2D eigenvalue weighted by Crippen LogP contribution is 2.38. The van der Waals surface area contributed by atoms with Gasteiger partial charge in [0.15, 0.2) is 22.5 Å². The van der Waals surface area contributed by atoms with Crippen molar-refractivity contribution in [1.29, 1.82) is 0 Å². The zero-order chi connectivity index (χ0) is 31.3. The van der Waals surface area contributed by atoms with E-state index in [0.717, 1.165) is 11.8 Å². The van der Waals surface area contributed by atoms with Crippen LogP contribution in [0.2, 0.25) is 0 Å². The lowest BCUT2D eigenvalue weighted by Gasteiger charge is -2.26. The Bertz CT molecular complexity index is 1770. The normalized spacial score (nSPS) is 16.9. The second-order valence-electron chi connectivity index (χ2n) is 9.81. The number of amides is 1. The van der Waals surface area contributed by atoms with Crippen molar-refractivity contribution in [3.05, 3.63) is 94.7 Å². The number of morpholine rings is 1. The second kappa shape index (κ2) is 13.3. The molecule has 0 unspecified atom stereocenters. The number of ether oxygens (including phenoxy) is 3. The van der Waals surface area contributed by atoms with E-state index >= 15 is 0 Å². The predicted molar refractivity (Wildman–Crippen MR) is 168 cm³/mol. The molecular formula is C31H27F2N7O4S. The smallest absolute Gasteiger partial charge is 0.271 e. The number of methoxy groups -OCH3 is 1. The van der Waals surface area contributed by atoms with Crippen molar-refractivity contribution in [3.8, 4) is 11.5 Å². The number of nitrogens with two attached hydrogens (primary N) is 1. The maximum Gasteiger partial charge on any atom is 0.271 e. The van der Waals surface area contributed by atoms with E-state index in [0.29, 0.717) is 76.6 Å². The molecule has 0 spiro atoms. The molecule has 2 aliphatic rings. The third-order valence-corrected chi connectivity index (χ3v) is 7.73. The highest BCUT2D eigenvalue weighted by Gasteiger charge is 2.35. The number of carbonyl (C=O) groups is 1. The van der Waals surface area contributed by atoms with Gasteiger partial charge in [0.1, 0.15) is 18.2 Å². The van der Waals surface area contributed by atoms with Gasteiger partial charge in [0, 0.05) is 13.1 Å². The summed E-state index contributed by atoms with van der Waals surface area (Å²) in [6.07, 6.45) is 1.70. The van der Waals surface area contributed by atoms with Crippen LogP contribution >= 0.6 is 11.8 Å². The molecule has 0 bridgehead atoms. The van der Waals surface area contributed by atoms with E-state index in [2.05, 4.69) is 19.9 Å². The van der Waals surface area contributed by atoms with E-state index in [9.17, 15) is 13.6 Å². The second-order valence-corrected chi connectivity index (χ2v) is 10.8. The molecule has 0 radical (unpaired) electrons. The first kappa shape index (κ1) is 30.0. The van der Waals surface area contributed by atoms with Crippen LogP contribution in [0.3, 0.4) is 0 Å².